The highest BCUT2D eigenvalue weighted by Crippen LogP contribution is 2.18. The molecule has 0 unspecified atom stereocenters. The van der Waals surface area contributed by atoms with E-state index in [0.717, 1.165) is 17.8 Å². The topological polar surface area (TPSA) is 89.3 Å². The molecule has 2 heterocycles. The first-order valence-electron chi connectivity index (χ1n) is 7.91. The lowest BCUT2D eigenvalue weighted by Gasteiger charge is -2.32. The standard InChI is InChI=1S/C18H17N5O2/c19-12-14-2-1-3-15(10-14)21-16-4-5-20-17(11-16)18(25)23-8-6-22(13-24)7-9-23/h1-5,10-11,13H,6-9H2,(H,20,21). The van der Waals surface area contributed by atoms with Crippen molar-refractivity contribution in [3.05, 3.63) is 53.9 Å². The van der Waals surface area contributed by atoms with Gasteiger partial charge < -0.3 is 15.1 Å². The number of rotatable bonds is 4. The summed E-state index contributed by atoms with van der Waals surface area (Å²) in [5.74, 6) is -0.153. The third-order valence-electron chi connectivity index (χ3n) is 4.01. The van der Waals surface area contributed by atoms with Gasteiger partial charge in [-0.25, -0.2) is 0 Å². The fraction of sp³-hybridized carbons (Fsp3) is 0.222. The van der Waals surface area contributed by atoms with E-state index >= 15 is 0 Å². The van der Waals surface area contributed by atoms with Crippen molar-refractivity contribution < 1.29 is 9.59 Å². The number of hydrogen-bond donors (Lipinski definition) is 1. The van der Waals surface area contributed by atoms with E-state index in [-0.39, 0.29) is 5.91 Å². The van der Waals surface area contributed by atoms with Gasteiger partial charge in [-0.05, 0) is 30.3 Å². The molecule has 0 atom stereocenters. The number of carbonyl (C=O) groups is 2. The van der Waals surface area contributed by atoms with Gasteiger partial charge in [0.05, 0.1) is 11.6 Å². The molecule has 7 heteroatoms. The van der Waals surface area contributed by atoms with Crippen molar-refractivity contribution in [3.63, 3.8) is 0 Å². The zero-order valence-corrected chi connectivity index (χ0v) is 13.6. The molecular formula is C18H17N5O2. The van der Waals surface area contributed by atoms with Gasteiger partial charge in [0.25, 0.3) is 5.91 Å². The van der Waals surface area contributed by atoms with Gasteiger partial charge in [-0.15, -0.1) is 0 Å². The predicted molar refractivity (Wildman–Crippen MR) is 92.2 cm³/mol. The lowest BCUT2D eigenvalue weighted by molar-refractivity contribution is -0.119. The SMILES string of the molecule is N#Cc1cccc(Nc2ccnc(C(=O)N3CCN(C=O)CC3)c2)c1. The largest absolute Gasteiger partial charge is 0.355 e. The minimum Gasteiger partial charge on any atom is -0.355 e. The lowest BCUT2D eigenvalue weighted by atomic mass is 10.2. The van der Waals surface area contributed by atoms with Gasteiger partial charge in [0, 0.05) is 43.8 Å². The Kier molecular flexibility index (Phi) is 4.90. The zero-order chi connectivity index (χ0) is 17.6. The first-order chi connectivity index (χ1) is 12.2. The van der Waals surface area contributed by atoms with Crippen LogP contribution in [0.4, 0.5) is 11.4 Å². The summed E-state index contributed by atoms with van der Waals surface area (Å²) in [6, 6.07) is 12.6. The summed E-state index contributed by atoms with van der Waals surface area (Å²) in [4.78, 5) is 30.8. The average Bonchev–Trinajstić information content (AvgIpc) is 2.68. The summed E-state index contributed by atoms with van der Waals surface area (Å²) < 4.78 is 0. The molecule has 3 rings (SSSR count). The van der Waals surface area contributed by atoms with Crippen molar-refractivity contribution in [1.29, 1.82) is 5.26 Å². The van der Waals surface area contributed by atoms with Crippen molar-refractivity contribution in [2.45, 2.75) is 0 Å². The quantitative estimate of drug-likeness (QED) is 0.858. The Morgan fingerprint density at radius 3 is 2.64 bits per heavy atom. The molecule has 1 aromatic carbocycles. The third kappa shape index (κ3) is 3.93. The molecule has 2 aromatic rings. The highest BCUT2D eigenvalue weighted by atomic mass is 16.2. The van der Waals surface area contributed by atoms with Crippen molar-refractivity contribution in [1.82, 2.24) is 14.8 Å². The summed E-state index contributed by atoms with van der Waals surface area (Å²) in [7, 11) is 0. The van der Waals surface area contributed by atoms with Crippen LogP contribution in [0.2, 0.25) is 0 Å². The lowest BCUT2D eigenvalue weighted by Crippen LogP contribution is -2.48. The van der Waals surface area contributed by atoms with Crippen molar-refractivity contribution in [3.8, 4) is 6.07 Å². The summed E-state index contributed by atoms with van der Waals surface area (Å²) in [6.45, 7) is 2.07. The molecule has 1 fully saturated rings. The Balaban J connectivity index is 1.72. The van der Waals surface area contributed by atoms with Crippen molar-refractivity contribution in [2.75, 3.05) is 31.5 Å². The summed E-state index contributed by atoms with van der Waals surface area (Å²) in [5, 5.41) is 12.1. The molecule has 0 radical (unpaired) electrons. The van der Waals surface area contributed by atoms with E-state index in [9.17, 15) is 9.59 Å². The van der Waals surface area contributed by atoms with E-state index in [0.29, 0.717) is 37.4 Å². The number of piperazine rings is 1. The second-order valence-electron chi connectivity index (χ2n) is 5.68. The maximum absolute atomic E-state index is 12.6. The average molecular weight is 335 g/mol. The maximum atomic E-state index is 12.6. The number of amides is 2. The van der Waals surface area contributed by atoms with E-state index < -0.39 is 0 Å². The highest BCUT2D eigenvalue weighted by molar-refractivity contribution is 5.93. The number of nitrogens with one attached hydrogen (secondary N) is 1. The number of benzene rings is 1. The van der Waals surface area contributed by atoms with E-state index in [1.165, 1.54) is 0 Å². The minimum absolute atomic E-state index is 0.153. The number of nitriles is 1. The van der Waals surface area contributed by atoms with Crippen molar-refractivity contribution >= 4 is 23.7 Å². The van der Waals surface area contributed by atoms with Crippen LogP contribution >= 0.6 is 0 Å². The van der Waals surface area contributed by atoms with Crippen LogP contribution in [-0.2, 0) is 4.79 Å². The molecule has 7 nitrogen and oxygen atoms in total. The zero-order valence-electron chi connectivity index (χ0n) is 13.6. The van der Waals surface area contributed by atoms with Gasteiger partial charge in [-0.2, -0.15) is 5.26 Å². The Morgan fingerprint density at radius 1 is 1.16 bits per heavy atom. The van der Waals surface area contributed by atoms with Gasteiger partial charge in [-0.1, -0.05) is 6.07 Å². The summed E-state index contributed by atoms with van der Waals surface area (Å²) in [5.41, 5.74) is 2.40. The molecule has 2 amide bonds. The van der Waals surface area contributed by atoms with Gasteiger partial charge >= 0.3 is 0 Å². The van der Waals surface area contributed by atoms with Crippen LogP contribution in [0.15, 0.2) is 42.6 Å². The van der Waals surface area contributed by atoms with Gasteiger partial charge in [0.1, 0.15) is 5.69 Å². The fourth-order valence-electron chi connectivity index (χ4n) is 2.65. The van der Waals surface area contributed by atoms with Crippen LogP contribution in [0.3, 0.4) is 0 Å². The van der Waals surface area contributed by atoms with Crippen LogP contribution in [0.1, 0.15) is 16.1 Å². The monoisotopic (exact) mass is 335 g/mol. The molecule has 1 aliphatic rings. The predicted octanol–water partition coefficient (Wildman–Crippen LogP) is 1.61. The van der Waals surface area contributed by atoms with Crippen LogP contribution in [0.25, 0.3) is 0 Å². The first kappa shape index (κ1) is 16.5. The molecule has 0 saturated carbocycles. The number of aromatic nitrogens is 1. The third-order valence-corrected chi connectivity index (χ3v) is 4.01. The highest BCUT2D eigenvalue weighted by Gasteiger charge is 2.22. The van der Waals surface area contributed by atoms with Gasteiger partial charge in [0.2, 0.25) is 6.41 Å². The van der Waals surface area contributed by atoms with Gasteiger partial charge in [-0.3, -0.25) is 14.6 Å². The molecule has 1 aromatic heterocycles. The number of nitrogens with zero attached hydrogens (tertiary/aromatic N) is 4. The molecule has 25 heavy (non-hydrogen) atoms. The summed E-state index contributed by atoms with van der Waals surface area (Å²) in [6.07, 6.45) is 2.38. The molecule has 126 valence electrons. The maximum Gasteiger partial charge on any atom is 0.272 e. The van der Waals surface area contributed by atoms with Gasteiger partial charge in [0.15, 0.2) is 0 Å². The molecular weight excluding hydrogens is 318 g/mol. The van der Waals surface area contributed by atoms with E-state index in [1.54, 1.807) is 46.3 Å². The smallest absolute Gasteiger partial charge is 0.272 e. The van der Waals surface area contributed by atoms with Crippen LogP contribution < -0.4 is 5.32 Å². The van der Waals surface area contributed by atoms with E-state index in [1.807, 2.05) is 6.07 Å². The Hall–Kier alpha value is -3.40. The Morgan fingerprint density at radius 2 is 1.92 bits per heavy atom. The second-order valence-corrected chi connectivity index (χ2v) is 5.68. The number of hydrogen-bond acceptors (Lipinski definition) is 5. The molecule has 1 saturated heterocycles. The molecule has 0 spiro atoms. The summed E-state index contributed by atoms with van der Waals surface area (Å²) >= 11 is 0. The number of carbonyl (C=O) groups excluding carboxylic acids is 2. The molecule has 1 aliphatic heterocycles. The first-order valence-corrected chi connectivity index (χ1v) is 7.91. The van der Waals surface area contributed by atoms with E-state index in [2.05, 4.69) is 16.4 Å². The minimum atomic E-state index is -0.153. The van der Waals surface area contributed by atoms with Crippen molar-refractivity contribution in [2.24, 2.45) is 0 Å². The Bertz CT molecular complexity index is 822. The normalized spacial score (nSPS) is 13.9. The number of pyridine rings is 1. The van der Waals surface area contributed by atoms with Crippen LogP contribution in [0, 0.1) is 11.3 Å². The molecule has 0 aliphatic carbocycles. The fourth-order valence-corrected chi connectivity index (χ4v) is 2.65. The number of anilines is 2. The van der Waals surface area contributed by atoms with Crippen LogP contribution in [0.5, 0.6) is 0 Å². The second kappa shape index (κ2) is 7.45. The van der Waals surface area contributed by atoms with E-state index in [4.69, 9.17) is 5.26 Å². The van der Waals surface area contributed by atoms with Crippen LogP contribution in [-0.4, -0.2) is 53.3 Å². The molecule has 1 N–H and O–H groups in total. The Labute approximate surface area is 145 Å². The molecule has 0 bridgehead atoms.